The molecule has 3 aromatic heterocycles. The van der Waals surface area contributed by atoms with E-state index in [-0.39, 0.29) is 5.82 Å². The third-order valence-corrected chi connectivity index (χ3v) is 5.56. The van der Waals surface area contributed by atoms with E-state index in [1.54, 1.807) is 6.20 Å². The average Bonchev–Trinajstić information content (AvgIpc) is 3.25. The van der Waals surface area contributed by atoms with Crippen molar-refractivity contribution in [2.45, 2.75) is 19.4 Å². The second-order valence-electron chi connectivity index (χ2n) is 8.02. The zero-order valence-corrected chi connectivity index (χ0v) is 17.4. The number of halogens is 1. The maximum absolute atomic E-state index is 14.0. The van der Waals surface area contributed by atoms with Gasteiger partial charge in [0.2, 0.25) is 0 Å². The van der Waals surface area contributed by atoms with Gasteiger partial charge >= 0.3 is 0 Å². The third-order valence-electron chi connectivity index (χ3n) is 5.56. The van der Waals surface area contributed by atoms with Crippen LogP contribution >= 0.6 is 0 Å². The first-order chi connectivity index (χ1) is 15.4. The van der Waals surface area contributed by atoms with Gasteiger partial charge in [-0.15, -0.1) is 10.2 Å². The minimum Gasteiger partial charge on any atom is -0.381 e. The molecule has 7 nitrogen and oxygen atoms in total. The molecule has 156 valence electrons. The molecule has 0 aliphatic heterocycles. The molecule has 0 bridgehead atoms. The van der Waals surface area contributed by atoms with Crippen LogP contribution < -0.4 is 5.73 Å². The molecule has 0 spiro atoms. The number of hydrogen-bond donors (Lipinski definition) is 1. The number of benzene rings is 2. The highest BCUT2D eigenvalue weighted by atomic mass is 19.1. The molecule has 0 aliphatic rings. The van der Waals surface area contributed by atoms with Gasteiger partial charge < -0.3 is 10.6 Å². The van der Waals surface area contributed by atoms with E-state index in [4.69, 9.17) is 12.3 Å². The number of rotatable bonds is 3. The first kappa shape index (κ1) is 19.6. The van der Waals surface area contributed by atoms with Crippen LogP contribution in [-0.2, 0) is 5.54 Å². The molecule has 2 aromatic carbocycles. The monoisotopic (exact) mass is 423 g/mol. The number of nitrogens with zero attached hydrogens (tertiary/aromatic N) is 6. The van der Waals surface area contributed by atoms with Gasteiger partial charge in [-0.3, -0.25) is 9.38 Å². The fourth-order valence-electron chi connectivity index (χ4n) is 3.62. The molecule has 8 heteroatoms. The summed E-state index contributed by atoms with van der Waals surface area (Å²) >= 11 is 0. The van der Waals surface area contributed by atoms with Crippen LogP contribution in [0, 0.1) is 12.4 Å². The molecular weight excluding hydrogens is 405 g/mol. The topological polar surface area (TPSA) is 86.3 Å². The van der Waals surface area contributed by atoms with Crippen molar-refractivity contribution in [1.29, 1.82) is 0 Å². The van der Waals surface area contributed by atoms with Gasteiger partial charge in [0.05, 0.1) is 17.2 Å². The second kappa shape index (κ2) is 7.10. The summed E-state index contributed by atoms with van der Waals surface area (Å²) in [5.41, 5.74) is 10.2. The Kier molecular flexibility index (Phi) is 4.34. The lowest BCUT2D eigenvalue weighted by atomic mass is 9.94. The lowest BCUT2D eigenvalue weighted by molar-refractivity contribution is 0.628. The van der Waals surface area contributed by atoms with Crippen molar-refractivity contribution in [3.05, 3.63) is 83.7 Å². The van der Waals surface area contributed by atoms with Gasteiger partial charge in [0.1, 0.15) is 0 Å². The molecule has 0 saturated carbocycles. The molecule has 0 unspecified atom stereocenters. The van der Waals surface area contributed by atoms with Crippen molar-refractivity contribution in [3.63, 3.8) is 0 Å². The van der Waals surface area contributed by atoms with Gasteiger partial charge in [-0.1, -0.05) is 30.3 Å². The number of nitrogens with two attached hydrogens (primary N) is 1. The Morgan fingerprint density at radius 1 is 0.938 bits per heavy atom. The van der Waals surface area contributed by atoms with Crippen LogP contribution in [0.5, 0.6) is 0 Å². The fourth-order valence-corrected chi connectivity index (χ4v) is 3.62. The van der Waals surface area contributed by atoms with Crippen molar-refractivity contribution >= 4 is 22.5 Å². The number of anilines is 1. The summed E-state index contributed by atoms with van der Waals surface area (Å²) < 4.78 is 15.9. The highest BCUT2D eigenvalue weighted by Gasteiger charge is 2.25. The minimum atomic E-state index is -0.598. The molecule has 0 atom stereocenters. The van der Waals surface area contributed by atoms with E-state index in [2.05, 4.69) is 25.0 Å². The summed E-state index contributed by atoms with van der Waals surface area (Å²) in [5.74, 6) is -0.0470. The fraction of sp³-hybridized carbons (Fsp3) is 0.125. The van der Waals surface area contributed by atoms with Gasteiger partial charge in [-0.05, 0) is 23.8 Å². The predicted octanol–water partition coefficient (Wildman–Crippen LogP) is 4.88. The maximum atomic E-state index is 14.0. The molecule has 3 heterocycles. The number of nitrogen functional groups attached to an aromatic ring is 1. The molecule has 5 aromatic rings. The van der Waals surface area contributed by atoms with E-state index in [1.165, 1.54) is 12.3 Å². The van der Waals surface area contributed by atoms with Crippen LogP contribution in [0.25, 0.3) is 44.0 Å². The molecule has 0 fully saturated rings. The van der Waals surface area contributed by atoms with Crippen molar-refractivity contribution in [2.24, 2.45) is 0 Å². The van der Waals surface area contributed by atoms with Gasteiger partial charge in [-0.2, -0.15) is 0 Å². The van der Waals surface area contributed by atoms with Crippen LogP contribution in [0.3, 0.4) is 0 Å². The molecule has 0 saturated heterocycles. The summed E-state index contributed by atoms with van der Waals surface area (Å²) in [6.07, 6.45) is 3.21. The van der Waals surface area contributed by atoms with Crippen molar-refractivity contribution in [2.75, 3.05) is 5.73 Å². The Bertz CT molecular complexity index is 1530. The van der Waals surface area contributed by atoms with Crippen molar-refractivity contribution in [1.82, 2.24) is 24.6 Å². The van der Waals surface area contributed by atoms with Crippen LogP contribution in [-0.4, -0.2) is 24.6 Å². The van der Waals surface area contributed by atoms with E-state index in [1.807, 2.05) is 60.7 Å². The molecule has 0 radical (unpaired) electrons. The van der Waals surface area contributed by atoms with Gasteiger partial charge in [-0.25, -0.2) is 15.9 Å². The van der Waals surface area contributed by atoms with Crippen molar-refractivity contribution < 1.29 is 4.39 Å². The average molecular weight is 423 g/mol. The first-order valence-electron chi connectivity index (χ1n) is 9.92. The summed E-state index contributed by atoms with van der Waals surface area (Å²) in [6, 6.07) is 14.7. The quantitative estimate of drug-likeness (QED) is 0.418. The van der Waals surface area contributed by atoms with E-state index in [0.717, 1.165) is 27.7 Å². The summed E-state index contributed by atoms with van der Waals surface area (Å²) in [5, 5.41) is 8.65. The summed E-state index contributed by atoms with van der Waals surface area (Å²) in [6.45, 7) is 11.2. The van der Waals surface area contributed by atoms with E-state index in [9.17, 15) is 4.39 Å². The lowest BCUT2D eigenvalue weighted by Crippen LogP contribution is -2.10. The van der Waals surface area contributed by atoms with Crippen molar-refractivity contribution in [3.8, 4) is 22.5 Å². The van der Waals surface area contributed by atoms with Crippen LogP contribution in [0.2, 0.25) is 0 Å². The number of hydrogen-bond acceptors (Lipinski definition) is 5. The highest BCUT2D eigenvalue weighted by Crippen LogP contribution is 2.30. The largest absolute Gasteiger partial charge is 0.381 e. The van der Waals surface area contributed by atoms with Gasteiger partial charge in [0, 0.05) is 36.7 Å². The third kappa shape index (κ3) is 3.11. The van der Waals surface area contributed by atoms with E-state index in [0.29, 0.717) is 17.0 Å². The number of aromatic nitrogens is 5. The number of fused-ring (bicyclic) bond motifs is 3. The van der Waals surface area contributed by atoms with Crippen LogP contribution in [0.4, 0.5) is 10.2 Å². The zero-order valence-electron chi connectivity index (χ0n) is 17.4. The Balaban J connectivity index is 1.69. The normalized spacial score (nSPS) is 11.7. The maximum Gasteiger partial charge on any atom is 0.252 e. The van der Waals surface area contributed by atoms with Gasteiger partial charge in [0.15, 0.2) is 23.1 Å². The molecule has 0 amide bonds. The van der Waals surface area contributed by atoms with E-state index < -0.39 is 11.4 Å². The van der Waals surface area contributed by atoms with Crippen LogP contribution in [0.1, 0.15) is 19.4 Å². The molecular formula is C24H18FN7. The molecule has 32 heavy (non-hydrogen) atoms. The minimum absolute atomic E-state index is 0.135. The van der Waals surface area contributed by atoms with Gasteiger partial charge in [0.25, 0.3) is 5.54 Å². The predicted molar refractivity (Wildman–Crippen MR) is 121 cm³/mol. The molecule has 2 N–H and O–H groups in total. The Labute approximate surface area is 183 Å². The molecule has 0 aliphatic carbocycles. The second-order valence-corrected chi connectivity index (χ2v) is 8.02. The van der Waals surface area contributed by atoms with E-state index >= 15 is 0 Å². The Hall–Kier alpha value is -4.38. The lowest BCUT2D eigenvalue weighted by Gasteiger charge is -2.12. The number of pyridine rings is 1. The first-order valence-corrected chi connectivity index (χ1v) is 9.92. The smallest absolute Gasteiger partial charge is 0.252 e. The SMILES string of the molecule is [C-]#[N+]C(C)(C)c1ccc(-c2nnc3cnc4ccc(-c5cnc(N)c(F)c5)cc4n23)cc1. The summed E-state index contributed by atoms with van der Waals surface area (Å²) in [4.78, 5) is 12.1. The highest BCUT2D eigenvalue weighted by molar-refractivity contribution is 5.85. The summed E-state index contributed by atoms with van der Waals surface area (Å²) in [7, 11) is 0. The molecule has 5 rings (SSSR count). The zero-order chi connectivity index (χ0) is 22.5. The Morgan fingerprint density at radius 3 is 2.41 bits per heavy atom. The Morgan fingerprint density at radius 2 is 1.69 bits per heavy atom. The van der Waals surface area contributed by atoms with Crippen LogP contribution in [0.15, 0.2) is 60.9 Å². The standard InChI is InChI=1S/C24H18FN7/c1-24(2,27-3)17-7-4-14(5-8-17)23-31-30-21-13-28-19-9-6-15(11-20(19)32(21)23)16-10-18(25)22(26)29-12-16/h4-13H,1-2H3,(H2,26,29).